The van der Waals surface area contributed by atoms with E-state index in [1.807, 2.05) is 26.0 Å². The van der Waals surface area contributed by atoms with E-state index in [0.29, 0.717) is 18.4 Å². The zero-order valence-electron chi connectivity index (χ0n) is 9.87. The normalized spacial score (nSPS) is 9.94. The van der Waals surface area contributed by atoms with E-state index in [9.17, 15) is 9.59 Å². The van der Waals surface area contributed by atoms with Crippen LogP contribution in [-0.2, 0) is 16.0 Å². The molecule has 0 aliphatic rings. The summed E-state index contributed by atoms with van der Waals surface area (Å²) in [5.41, 5.74) is 3.66. The fraction of sp³-hybridized carbons (Fsp3) is 0.385. The van der Waals surface area contributed by atoms with Gasteiger partial charge in [0.05, 0.1) is 7.11 Å². The van der Waals surface area contributed by atoms with Crippen LogP contribution in [0.15, 0.2) is 12.1 Å². The van der Waals surface area contributed by atoms with Gasteiger partial charge < -0.3 is 4.74 Å². The molecule has 0 atom stereocenters. The van der Waals surface area contributed by atoms with Gasteiger partial charge in [-0.3, -0.25) is 9.59 Å². The molecule has 16 heavy (non-hydrogen) atoms. The largest absolute Gasteiger partial charge is 0.469 e. The van der Waals surface area contributed by atoms with Crippen LogP contribution in [0.2, 0.25) is 0 Å². The lowest BCUT2D eigenvalue weighted by atomic mass is 9.97. The van der Waals surface area contributed by atoms with Crippen LogP contribution in [0.5, 0.6) is 0 Å². The number of benzene rings is 1. The van der Waals surface area contributed by atoms with Crippen molar-refractivity contribution in [1.29, 1.82) is 0 Å². The van der Waals surface area contributed by atoms with Crippen molar-refractivity contribution < 1.29 is 14.3 Å². The molecule has 3 heteroatoms. The minimum Gasteiger partial charge on any atom is -0.469 e. The number of aryl methyl sites for hydroxylation is 3. The third-order valence-corrected chi connectivity index (χ3v) is 2.56. The van der Waals surface area contributed by atoms with E-state index in [1.54, 1.807) is 0 Å². The maximum atomic E-state index is 11.0. The van der Waals surface area contributed by atoms with Crippen molar-refractivity contribution in [1.82, 2.24) is 0 Å². The monoisotopic (exact) mass is 220 g/mol. The van der Waals surface area contributed by atoms with Crippen LogP contribution in [0.1, 0.15) is 33.5 Å². The molecule has 0 saturated heterocycles. The van der Waals surface area contributed by atoms with E-state index in [2.05, 4.69) is 4.74 Å². The van der Waals surface area contributed by atoms with Gasteiger partial charge in [-0.1, -0.05) is 17.7 Å². The van der Waals surface area contributed by atoms with Gasteiger partial charge in [-0.25, -0.2) is 0 Å². The van der Waals surface area contributed by atoms with Crippen molar-refractivity contribution in [2.24, 2.45) is 0 Å². The molecule has 0 unspecified atom stereocenters. The van der Waals surface area contributed by atoms with Crippen molar-refractivity contribution in [3.63, 3.8) is 0 Å². The number of ether oxygens (including phenoxy) is 1. The highest BCUT2D eigenvalue weighted by Crippen LogP contribution is 2.17. The Labute approximate surface area is 95.4 Å². The van der Waals surface area contributed by atoms with E-state index >= 15 is 0 Å². The number of methoxy groups -OCH3 is 1. The summed E-state index contributed by atoms with van der Waals surface area (Å²) in [7, 11) is 1.37. The third-order valence-electron chi connectivity index (χ3n) is 2.56. The molecule has 0 amide bonds. The first kappa shape index (κ1) is 12.4. The molecule has 0 heterocycles. The highest BCUT2D eigenvalue weighted by atomic mass is 16.5. The van der Waals surface area contributed by atoms with Crippen LogP contribution in [0.4, 0.5) is 0 Å². The summed E-state index contributed by atoms with van der Waals surface area (Å²) in [6.07, 6.45) is 1.70. The zero-order chi connectivity index (χ0) is 12.1. The van der Waals surface area contributed by atoms with E-state index in [4.69, 9.17) is 0 Å². The maximum Gasteiger partial charge on any atom is 0.305 e. The van der Waals surface area contributed by atoms with Crippen molar-refractivity contribution in [2.45, 2.75) is 26.7 Å². The number of carbonyl (C=O) groups is 2. The smallest absolute Gasteiger partial charge is 0.305 e. The molecular formula is C13H16O3. The predicted octanol–water partition coefficient (Wildman–Crippen LogP) is 2.22. The highest BCUT2D eigenvalue weighted by molar-refractivity contribution is 5.80. The second-order valence-electron chi connectivity index (χ2n) is 3.85. The Morgan fingerprint density at radius 3 is 2.62 bits per heavy atom. The fourth-order valence-electron chi connectivity index (χ4n) is 1.78. The quantitative estimate of drug-likeness (QED) is 0.577. The van der Waals surface area contributed by atoms with Crippen LogP contribution in [0, 0.1) is 13.8 Å². The number of hydrogen-bond acceptors (Lipinski definition) is 3. The molecule has 0 N–H and O–H groups in total. The lowest BCUT2D eigenvalue weighted by Gasteiger charge is -2.08. The van der Waals surface area contributed by atoms with Crippen molar-refractivity contribution in [3.8, 4) is 0 Å². The molecule has 3 nitrogen and oxygen atoms in total. The lowest BCUT2D eigenvalue weighted by Crippen LogP contribution is -2.04. The molecule has 0 aliphatic heterocycles. The Balaban J connectivity index is 2.93. The zero-order valence-corrected chi connectivity index (χ0v) is 9.87. The van der Waals surface area contributed by atoms with E-state index in [1.165, 1.54) is 7.11 Å². The second kappa shape index (κ2) is 5.45. The van der Waals surface area contributed by atoms with Crippen LogP contribution < -0.4 is 0 Å². The molecule has 1 rings (SSSR count). The first-order valence-electron chi connectivity index (χ1n) is 5.20. The summed E-state index contributed by atoms with van der Waals surface area (Å²) in [4.78, 5) is 22.0. The van der Waals surface area contributed by atoms with Crippen molar-refractivity contribution >= 4 is 12.3 Å². The molecule has 0 fully saturated rings. The average molecular weight is 220 g/mol. The van der Waals surface area contributed by atoms with Crippen LogP contribution in [-0.4, -0.2) is 19.4 Å². The second-order valence-corrected chi connectivity index (χ2v) is 3.85. The maximum absolute atomic E-state index is 11.0. The van der Waals surface area contributed by atoms with Crippen LogP contribution in [0.25, 0.3) is 0 Å². The van der Waals surface area contributed by atoms with Crippen molar-refractivity contribution in [2.75, 3.05) is 7.11 Å². The van der Waals surface area contributed by atoms with Crippen molar-refractivity contribution in [3.05, 3.63) is 34.4 Å². The Hall–Kier alpha value is -1.64. The topological polar surface area (TPSA) is 43.4 Å². The number of carbonyl (C=O) groups excluding carboxylic acids is 2. The Morgan fingerprint density at radius 2 is 2.06 bits per heavy atom. The molecule has 1 aromatic rings. The highest BCUT2D eigenvalue weighted by Gasteiger charge is 2.08. The summed E-state index contributed by atoms with van der Waals surface area (Å²) < 4.78 is 4.58. The standard InChI is InChI=1S/C13H16O3/c1-9-6-10(2)12(8-14)11(7-9)4-5-13(15)16-3/h6-8H,4-5H2,1-3H3. The van der Waals surface area contributed by atoms with Gasteiger partial charge >= 0.3 is 5.97 Å². The molecule has 0 aliphatic carbocycles. The number of hydrogen-bond donors (Lipinski definition) is 0. The fourth-order valence-corrected chi connectivity index (χ4v) is 1.78. The molecule has 0 bridgehead atoms. The number of esters is 1. The lowest BCUT2D eigenvalue weighted by molar-refractivity contribution is -0.140. The van der Waals surface area contributed by atoms with Crippen LogP contribution in [0.3, 0.4) is 0 Å². The summed E-state index contributed by atoms with van der Waals surface area (Å²) in [5.74, 6) is -0.254. The predicted molar refractivity (Wildman–Crippen MR) is 61.6 cm³/mol. The Morgan fingerprint density at radius 1 is 1.38 bits per heavy atom. The first-order valence-corrected chi connectivity index (χ1v) is 5.20. The van der Waals surface area contributed by atoms with Gasteiger partial charge in [-0.15, -0.1) is 0 Å². The summed E-state index contributed by atoms with van der Waals surface area (Å²) in [5, 5.41) is 0. The molecule has 0 aromatic heterocycles. The first-order chi connectivity index (χ1) is 7.58. The van der Waals surface area contributed by atoms with Gasteiger partial charge in [-0.05, 0) is 31.4 Å². The van der Waals surface area contributed by atoms with E-state index in [-0.39, 0.29) is 5.97 Å². The minimum atomic E-state index is -0.254. The van der Waals surface area contributed by atoms with E-state index < -0.39 is 0 Å². The van der Waals surface area contributed by atoms with Gasteiger partial charge in [-0.2, -0.15) is 0 Å². The molecular weight excluding hydrogens is 204 g/mol. The van der Waals surface area contributed by atoms with Gasteiger partial charge in [0.15, 0.2) is 6.29 Å². The molecule has 0 spiro atoms. The molecule has 0 radical (unpaired) electrons. The van der Waals surface area contributed by atoms with Gasteiger partial charge in [0.1, 0.15) is 0 Å². The summed E-state index contributed by atoms with van der Waals surface area (Å²) in [6, 6.07) is 3.91. The number of rotatable bonds is 4. The van der Waals surface area contributed by atoms with Crippen LogP contribution >= 0.6 is 0 Å². The van der Waals surface area contributed by atoms with Gasteiger partial charge in [0, 0.05) is 12.0 Å². The Bertz CT molecular complexity index is 408. The van der Waals surface area contributed by atoms with Gasteiger partial charge in [0.2, 0.25) is 0 Å². The summed E-state index contributed by atoms with van der Waals surface area (Å²) in [6.45, 7) is 3.88. The molecule has 0 saturated carbocycles. The number of aldehydes is 1. The van der Waals surface area contributed by atoms with E-state index in [0.717, 1.165) is 23.0 Å². The molecule has 1 aromatic carbocycles. The third kappa shape index (κ3) is 2.92. The average Bonchev–Trinajstić information content (AvgIpc) is 2.25. The SMILES string of the molecule is COC(=O)CCc1cc(C)cc(C)c1C=O. The summed E-state index contributed by atoms with van der Waals surface area (Å²) >= 11 is 0. The minimum absolute atomic E-state index is 0.254. The Kier molecular flexibility index (Phi) is 4.23. The van der Waals surface area contributed by atoms with Gasteiger partial charge in [0.25, 0.3) is 0 Å². The molecule has 86 valence electrons.